The molecule has 22 heavy (non-hydrogen) atoms. The van der Waals surface area contributed by atoms with Crippen LogP contribution < -0.4 is 5.32 Å². The van der Waals surface area contributed by atoms with E-state index >= 15 is 0 Å². The van der Waals surface area contributed by atoms with Gasteiger partial charge in [0, 0.05) is 29.3 Å². The van der Waals surface area contributed by atoms with Crippen molar-refractivity contribution in [1.29, 1.82) is 0 Å². The highest BCUT2D eigenvalue weighted by Crippen LogP contribution is 2.23. The molecule has 0 saturated heterocycles. The molecular formula is C16H17ClFNO2S. The lowest BCUT2D eigenvalue weighted by Gasteiger charge is -2.06. The van der Waals surface area contributed by atoms with E-state index in [1.807, 2.05) is 12.1 Å². The standard InChI is InChI=1S/C16H17ClFNO2S/c17-14-6-1-7-15(18)13(14)10-22-11-16(20)19-8-2-4-12-5-3-9-21-12/h1,3,5-7,9H,2,4,8,10-11H2,(H,19,20). The first-order chi connectivity index (χ1) is 10.7. The molecule has 0 aliphatic rings. The van der Waals surface area contributed by atoms with Crippen molar-refractivity contribution in [1.82, 2.24) is 5.32 Å². The van der Waals surface area contributed by atoms with Gasteiger partial charge in [0.15, 0.2) is 0 Å². The van der Waals surface area contributed by atoms with Crippen LogP contribution in [0, 0.1) is 5.82 Å². The molecule has 2 aromatic rings. The third-order valence-electron chi connectivity index (χ3n) is 3.04. The fraction of sp³-hybridized carbons (Fsp3) is 0.312. The molecule has 1 N–H and O–H groups in total. The minimum atomic E-state index is -0.334. The topological polar surface area (TPSA) is 42.2 Å². The van der Waals surface area contributed by atoms with Crippen molar-refractivity contribution in [2.24, 2.45) is 0 Å². The fourth-order valence-electron chi connectivity index (χ4n) is 1.91. The zero-order valence-corrected chi connectivity index (χ0v) is 13.6. The minimum absolute atomic E-state index is 0.0584. The number of amides is 1. The molecule has 0 bridgehead atoms. The molecule has 6 heteroatoms. The van der Waals surface area contributed by atoms with E-state index in [1.165, 1.54) is 17.8 Å². The molecule has 3 nitrogen and oxygen atoms in total. The Morgan fingerprint density at radius 1 is 1.32 bits per heavy atom. The Kier molecular flexibility index (Phi) is 6.80. The second-order valence-corrected chi connectivity index (χ2v) is 6.12. The summed E-state index contributed by atoms with van der Waals surface area (Å²) in [5.74, 6) is 1.19. The number of nitrogens with one attached hydrogen (secondary N) is 1. The van der Waals surface area contributed by atoms with Crippen LogP contribution in [0.4, 0.5) is 4.39 Å². The van der Waals surface area contributed by atoms with E-state index in [2.05, 4.69) is 5.32 Å². The van der Waals surface area contributed by atoms with Crippen LogP contribution in [0.15, 0.2) is 41.0 Å². The molecule has 118 valence electrons. The van der Waals surface area contributed by atoms with Crippen molar-refractivity contribution >= 4 is 29.3 Å². The monoisotopic (exact) mass is 341 g/mol. The first kappa shape index (κ1) is 16.9. The number of carbonyl (C=O) groups excluding carboxylic acids is 1. The second-order valence-electron chi connectivity index (χ2n) is 4.73. The number of carbonyl (C=O) groups is 1. The van der Waals surface area contributed by atoms with Crippen molar-refractivity contribution in [3.63, 3.8) is 0 Å². The van der Waals surface area contributed by atoms with E-state index in [9.17, 15) is 9.18 Å². The number of hydrogen-bond donors (Lipinski definition) is 1. The summed E-state index contributed by atoms with van der Waals surface area (Å²) >= 11 is 7.28. The molecular weight excluding hydrogens is 325 g/mol. The van der Waals surface area contributed by atoms with Crippen molar-refractivity contribution in [2.75, 3.05) is 12.3 Å². The van der Waals surface area contributed by atoms with Gasteiger partial charge in [-0.3, -0.25) is 4.79 Å². The highest BCUT2D eigenvalue weighted by molar-refractivity contribution is 7.99. The van der Waals surface area contributed by atoms with Crippen molar-refractivity contribution < 1.29 is 13.6 Å². The van der Waals surface area contributed by atoms with Crippen LogP contribution in [0.2, 0.25) is 5.02 Å². The third kappa shape index (κ3) is 5.39. The fourth-order valence-corrected chi connectivity index (χ4v) is 3.11. The van der Waals surface area contributed by atoms with Gasteiger partial charge >= 0.3 is 0 Å². The predicted octanol–water partition coefficient (Wildman–Crippen LogP) is 4.05. The Bertz CT molecular complexity index is 584. The average molecular weight is 342 g/mol. The first-order valence-corrected chi connectivity index (χ1v) is 8.50. The van der Waals surface area contributed by atoms with Crippen LogP contribution in [0.3, 0.4) is 0 Å². The molecule has 0 radical (unpaired) electrons. The van der Waals surface area contributed by atoms with Gasteiger partial charge < -0.3 is 9.73 Å². The average Bonchev–Trinajstić information content (AvgIpc) is 3.00. The second kappa shape index (κ2) is 8.86. The maximum atomic E-state index is 13.6. The summed E-state index contributed by atoms with van der Waals surface area (Å²) in [6.45, 7) is 0.598. The van der Waals surface area contributed by atoms with E-state index in [4.69, 9.17) is 16.0 Å². The third-order valence-corrected chi connectivity index (χ3v) is 4.36. The lowest BCUT2D eigenvalue weighted by Crippen LogP contribution is -2.26. The summed E-state index contributed by atoms with van der Waals surface area (Å²) in [5.41, 5.74) is 0.444. The Labute approximate surface area is 138 Å². The quantitative estimate of drug-likeness (QED) is 0.736. The lowest BCUT2D eigenvalue weighted by atomic mass is 10.2. The summed E-state index contributed by atoms with van der Waals surface area (Å²) in [5, 5.41) is 3.23. The lowest BCUT2D eigenvalue weighted by molar-refractivity contribution is -0.118. The summed E-state index contributed by atoms with van der Waals surface area (Å²) in [6, 6.07) is 8.34. The van der Waals surface area contributed by atoms with Crippen LogP contribution in [0.1, 0.15) is 17.7 Å². The van der Waals surface area contributed by atoms with Crippen molar-refractivity contribution in [3.05, 3.63) is 58.8 Å². The van der Waals surface area contributed by atoms with Crippen LogP contribution in [-0.4, -0.2) is 18.2 Å². The maximum absolute atomic E-state index is 13.6. The van der Waals surface area contributed by atoms with Gasteiger partial charge in [0.2, 0.25) is 5.91 Å². The molecule has 1 amide bonds. The number of rotatable bonds is 8. The highest BCUT2D eigenvalue weighted by atomic mass is 35.5. The molecule has 2 rings (SSSR count). The number of thioether (sulfide) groups is 1. The number of hydrogen-bond acceptors (Lipinski definition) is 3. The molecule has 0 atom stereocenters. The number of benzene rings is 1. The Balaban J connectivity index is 1.61. The Hall–Kier alpha value is -1.46. The van der Waals surface area contributed by atoms with Gasteiger partial charge in [-0.15, -0.1) is 11.8 Å². The van der Waals surface area contributed by atoms with E-state index in [-0.39, 0.29) is 17.5 Å². The van der Waals surface area contributed by atoms with Gasteiger partial charge in [-0.2, -0.15) is 0 Å². The van der Waals surface area contributed by atoms with Gasteiger partial charge in [0.05, 0.1) is 12.0 Å². The summed E-state index contributed by atoms with van der Waals surface area (Å²) < 4.78 is 18.8. The van der Waals surface area contributed by atoms with Crippen LogP contribution in [0.25, 0.3) is 0 Å². The summed E-state index contributed by atoms with van der Waals surface area (Å²) in [6.07, 6.45) is 3.26. The van der Waals surface area contributed by atoms with Crippen LogP contribution in [-0.2, 0) is 17.0 Å². The molecule has 0 aliphatic carbocycles. The zero-order chi connectivity index (χ0) is 15.8. The van der Waals surface area contributed by atoms with Crippen LogP contribution in [0.5, 0.6) is 0 Å². The van der Waals surface area contributed by atoms with Gasteiger partial charge in [0.25, 0.3) is 0 Å². The van der Waals surface area contributed by atoms with Gasteiger partial charge in [0.1, 0.15) is 11.6 Å². The normalized spacial score (nSPS) is 10.6. The highest BCUT2D eigenvalue weighted by Gasteiger charge is 2.08. The van der Waals surface area contributed by atoms with Crippen molar-refractivity contribution in [3.8, 4) is 0 Å². The summed E-state index contributed by atoms with van der Waals surface area (Å²) in [7, 11) is 0. The molecule has 0 spiro atoms. The number of furan rings is 1. The molecule has 0 fully saturated rings. The smallest absolute Gasteiger partial charge is 0.230 e. The Morgan fingerprint density at radius 3 is 2.91 bits per heavy atom. The molecule has 0 aliphatic heterocycles. The van der Waals surface area contributed by atoms with Crippen molar-refractivity contribution in [2.45, 2.75) is 18.6 Å². The summed E-state index contributed by atoms with van der Waals surface area (Å²) in [4.78, 5) is 11.7. The van der Waals surface area contributed by atoms with E-state index < -0.39 is 0 Å². The van der Waals surface area contributed by atoms with E-state index in [0.717, 1.165) is 18.6 Å². The largest absolute Gasteiger partial charge is 0.469 e. The van der Waals surface area contributed by atoms with Gasteiger partial charge in [-0.05, 0) is 30.7 Å². The molecule has 0 saturated carbocycles. The zero-order valence-electron chi connectivity index (χ0n) is 12.0. The minimum Gasteiger partial charge on any atom is -0.469 e. The first-order valence-electron chi connectivity index (χ1n) is 6.96. The van der Waals surface area contributed by atoms with E-state index in [1.54, 1.807) is 18.4 Å². The molecule has 1 heterocycles. The molecule has 1 aromatic heterocycles. The van der Waals surface area contributed by atoms with Crippen LogP contribution >= 0.6 is 23.4 Å². The number of halogens is 2. The molecule has 0 unspecified atom stereocenters. The SMILES string of the molecule is O=C(CSCc1c(F)cccc1Cl)NCCCc1ccco1. The predicted molar refractivity (Wildman–Crippen MR) is 87.6 cm³/mol. The van der Waals surface area contributed by atoms with E-state index in [0.29, 0.717) is 22.9 Å². The van der Waals surface area contributed by atoms with Gasteiger partial charge in [-0.1, -0.05) is 17.7 Å². The number of aryl methyl sites for hydroxylation is 1. The Morgan fingerprint density at radius 2 is 2.18 bits per heavy atom. The van der Waals surface area contributed by atoms with Gasteiger partial charge in [-0.25, -0.2) is 4.39 Å². The maximum Gasteiger partial charge on any atom is 0.230 e. The molecule has 1 aromatic carbocycles.